The third-order valence-corrected chi connectivity index (χ3v) is 6.91. The predicted molar refractivity (Wildman–Crippen MR) is 116 cm³/mol. The monoisotopic (exact) mass is 445 g/mol. The number of hydrogen-bond donors (Lipinski definition) is 1. The van der Waals surface area contributed by atoms with Crippen molar-refractivity contribution < 1.29 is 18.0 Å². The first-order valence-corrected chi connectivity index (χ1v) is 11.2. The lowest BCUT2D eigenvalue weighted by molar-refractivity contribution is -0.176. The normalized spacial score (nSPS) is 25.3. The Morgan fingerprint density at radius 2 is 2.00 bits per heavy atom. The lowest BCUT2D eigenvalue weighted by Crippen LogP contribution is -2.49. The van der Waals surface area contributed by atoms with Gasteiger partial charge in [-0.15, -0.1) is 0 Å². The van der Waals surface area contributed by atoms with Crippen LogP contribution in [0, 0.1) is 5.92 Å². The highest BCUT2D eigenvalue weighted by atomic mass is 19.4. The van der Waals surface area contributed by atoms with Crippen LogP contribution in [0.2, 0.25) is 0 Å². The van der Waals surface area contributed by atoms with Gasteiger partial charge in [0.2, 0.25) is 0 Å². The quantitative estimate of drug-likeness (QED) is 0.679. The van der Waals surface area contributed by atoms with Gasteiger partial charge in [-0.1, -0.05) is 12.5 Å². The van der Waals surface area contributed by atoms with Crippen LogP contribution in [0.3, 0.4) is 0 Å². The van der Waals surface area contributed by atoms with Crippen LogP contribution < -0.4 is 15.1 Å². The summed E-state index contributed by atoms with van der Waals surface area (Å²) in [6.45, 7) is 0.442. The number of nitrogens with zero attached hydrogens (tertiary/aromatic N) is 4. The molecule has 2 bridgehead atoms. The molecule has 5 rings (SSSR count). The first-order valence-electron chi connectivity index (χ1n) is 11.2. The van der Waals surface area contributed by atoms with Gasteiger partial charge in [0.15, 0.2) is 0 Å². The molecule has 2 aromatic heterocycles. The Kier molecular flexibility index (Phi) is 5.43. The van der Waals surface area contributed by atoms with Crippen LogP contribution in [0.1, 0.15) is 50.0 Å². The van der Waals surface area contributed by atoms with Crippen molar-refractivity contribution in [3.05, 3.63) is 42.2 Å². The fraction of sp³-hybridized carbons (Fsp3) is 0.522. The molecule has 170 valence electrons. The fourth-order valence-corrected chi connectivity index (χ4v) is 5.33. The predicted octanol–water partition coefficient (Wildman–Crippen LogP) is 5.33. The smallest absolute Gasteiger partial charge is 0.356 e. The van der Waals surface area contributed by atoms with Crippen molar-refractivity contribution in [3.8, 4) is 0 Å². The molecule has 9 heteroatoms. The molecule has 2 amide bonds. The van der Waals surface area contributed by atoms with Gasteiger partial charge in [0, 0.05) is 25.3 Å². The highest BCUT2D eigenvalue weighted by molar-refractivity contribution is 6.02. The van der Waals surface area contributed by atoms with Crippen molar-refractivity contribution in [1.82, 2.24) is 9.97 Å². The van der Waals surface area contributed by atoms with E-state index >= 15 is 0 Å². The number of carbonyl (C=O) groups excluding carboxylic acids is 1. The van der Waals surface area contributed by atoms with Gasteiger partial charge in [0.1, 0.15) is 11.6 Å². The fourth-order valence-electron chi connectivity index (χ4n) is 5.33. The summed E-state index contributed by atoms with van der Waals surface area (Å²) in [4.78, 5) is 25.5. The van der Waals surface area contributed by atoms with Gasteiger partial charge >= 0.3 is 12.2 Å². The van der Waals surface area contributed by atoms with E-state index in [-0.39, 0.29) is 25.0 Å². The molecular weight excluding hydrogens is 419 g/mol. The van der Waals surface area contributed by atoms with E-state index in [1.165, 1.54) is 0 Å². The molecule has 1 aliphatic carbocycles. The molecule has 4 heterocycles. The zero-order valence-corrected chi connectivity index (χ0v) is 17.7. The average molecular weight is 445 g/mol. The second kappa shape index (κ2) is 8.26. The summed E-state index contributed by atoms with van der Waals surface area (Å²) >= 11 is 0. The van der Waals surface area contributed by atoms with Crippen LogP contribution in [-0.2, 0) is 0 Å². The van der Waals surface area contributed by atoms with Crippen LogP contribution in [0.15, 0.2) is 36.7 Å². The maximum Gasteiger partial charge on any atom is 0.393 e. The number of hydrogen-bond acceptors (Lipinski definition) is 4. The minimum Gasteiger partial charge on any atom is -0.356 e. The number of fused-ring (bicyclic) bond motifs is 4. The van der Waals surface area contributed by atoms with E-state index in [1.807, 2.05) is 12.1 Å². The van der Waals surface area contributed by atoms with E-state index in [1.54, 1.807) is 34.3 Å². The van der Waals surface area contributed by atoms with Crippen molar-refractivity contribution in [3.63, 3.8) is 0 Å². The van der Waals surface area contributed by atoms with Crippen molar-refractivity contribution >= 4 is 23.4 Å². The van der Waals surface area contributed by atoms with Gasteiger partial charge in [0.25, 0.3) is 0 Å². The van der Waals surface area contributed by atoms with Gasteiger partial charge in [-0.2, -0.15) is 13.2 Å². The van der Waals surface area contributed by atoms with Crippen LogP contribution in [-0.4, -0.2) is 41.3 Å². The number of pyridine rings is 2. The average Bonchev–Trinajstić information content (AvgIpc) is 2.79. The number of urea groups is 1. The summed E-state index contributed by atoms with van der Waals surface area (Å²) in [5.74, 6) is 0.0753. The number of alkyl halides is 3. The molecular formula is C23H26F3N5O. The largest absolute Gasteiger partial charge is 0.393 e. The number of piperidine rings is 1. The van der Waals surface area contributed by atoms with Crippen LogP contribution >= 0.6 is 0 Å². The standard InChI is InChI=1S/C23H26F3N5O/c24-23(25,26)16-5-3-11-30(14-16)20-9-8-19-15-4-1-7-18(12-15)31(21(19)29-20)22(32)28-17-6-2-10-27-13-17/h2,6,8-10,13,15-16,18H,1,3-5,7,11-12,14H2,(H,28,32)/t15?,16?,18-/m0/s1. The van der Waals surface area contributed by atoms with Gasteiger partial charge in [-0.3, -0.25) is 9.88 Å². The maximum absolute atomic E-state index is 13.3. The molecule has 2 aliphatic heterocycles. The SMILES string of the molecule is O=C(Nc1cccnc1)N1c2nc(N3CCCC(C(F)(F)F)C3)ccc2C2CCC[C@H]1C2. The number of rotatable bonds is 2. The second-order valence-corrected chi connectivity index (χ2v) is 8.97. The molecule has 1 saturated heterocycles. The zero-order chi connectivity index (χ0) is 22.3. The van der Waals surface area contributed by atoms with Gasteiger partial charge < -0.3 is 10.2 Å². The molecule has 2 aromatic rings. The first kappa shape index (κ1) is 21.0. The van der Waals surface area contributed by atoms with Crippen molar-refractivity contribution in [2.24, 2.45) is 5.92 Å². The number of nitrogens with one attached hydrogen (secondary N) is 1. The molecule has 3 aliphatic rings. The maximum atomic E-state index is 13.3. The molecule has 1 N–H and O–H groups in total. The summed E-state index contributed by atoms with van der Waals surface area (Å²) in [7, 11) is 0. The topological polar surface area (TPSA) is 61.4 Å². The Balaban J connectivity index is 1.47. The lowest BCUT2D eigenvalue weighted by atomic mass is 9.77. The molecule has 0 radical (unpaired) electrons. The second-order valence-electron chi connectivity index (χ2n) is 8.97. The molecule has 0 aromatic carbocycles. The van der Waals surface area contributed by atoms with E-state index in [0.717, 1.165) is 31.2 Å². The highest BCUT2D eigenvalue weighted by Gasteiger charge is 2.43. The molecule has 0 spiro atoms. The minimum absolute atomic E-state index is 0.0324. The summed E-state index contributed by atoms with van der Waals surface area (Å²) in [6, 6.07) is 7.06. The Labute approximate surface area is 184 Å². The number of amides is 2. The highest BCUT2D eigenvalue weighted by Crippen LogP contribution is 2.46. The van der Waals surface area contributed by atoms with E-state index in [2.05, 4.69) is 10.3 Å². The van der Waals surface area contributed by atoms with E-state index < -0.39 is 12.1 Å². The van der Waals surface area contributed by atoms with E-state index in [0.29, 0.717) is 36.2 Å². The van der Waals surface area contributed by atoms with Gasteiger partial charge in [0.05, 0.1) is 17.8 Å². The van der Waals surface area contributed by atoms with E-state index in [9.17, 15) is 18.0 Å². The molecule has 1 saturated carbocycles. The minimum atomic E-state index is -4.21. The number of halogens is 3. The van der Waals surface area contributed by atoms with Crippen LogP contribution in [0.4, 0.5) is 35.3 Å². The number of carbonyl (C=O) groups is 1. The summed E-state index contributed by atoms with van der Waals surface area (Å²) < 4.78 is 40.0. The van der Waals surface area contributed by atoms with Crippen LogP contribution in [0.5, 0.6) is 0 Å². The van der Waals surface area contributed by atoms with Gasteiger partial charge in [-0.05, 0) is 61.8 Å². The third kappa shape index (κ3) is 4.00. The lowest BCUT2D eigenvalue weighted by Gasteiger charge is -2.44. The Morgan fingerprint density at radius 3 is 2.78 bits per heavy atom. The van der Waals surface area contributed by atoms with E-state index in [4.69, 9.17) is 4.98 Å². The Bertz CT molecular complexity index is 983. The Hall–Kier alpha value is -2.84. The molecule has 32 heavy (non-hydrogen) atoms. The summed E-state index contributed by atoms with van der Waals surface area (Å²) in [5, 5.41) is 2.90. The zero-order valence-electron chi connectivity index (χ0n) is 17.7. The van der Waals surface area contributed by atoms with Crippen molar-refractivity contribution in [2.75, 3.05) is 28.2 Å². The first-order chi connectivity index (χ1) is 15.4. The molecule has 2 fully saturated rings. The van der Waals surface area contributed by atoms with Crippen molar-refractivity contribution in [1.29, 1.82) is 0 Å². The number of aromatic nitrogens is 2. The molecule has 2 unspecified atom stereocenters. The van der Waals surface area contributed by atoms with Crippen molar-refractivity contribution in [2.45, 2.75) is 56.7 Å². The third-order valence-electron chi connectivity index (χ3n) is 6.91. The Morgan fingerprint density at radius 1 is 1.12 bits per heavy atom. The van der Waals surface area contributed by atoms with Crippen LogP contribution in [0.25, 0.3) is 0 Å². The number of anilines is 3. The van der Waals surface area contributed by atoms with Gasteiger partial charge in [-0.25, -0.2) is 9.78 Å². The summed E-state index contributed by atoms with van der Waals surface area (Å²) in [5.41, 5.74) is 1.60. The molecule has 3 atom stereocenters. The summed E-state index contributed by atoms with van der Waals surface area (Å²) in [6.07, 6.45) is 3.48. The molecule has 6 nitrogen and oxygen atoms in total.